The Morgan fingerprint density at radius 3 is 2.27 bits per heavy atom. The maximum absolute atomic E-state index is 10.3. The molecule has 1 aromatic rings. The van der Waals surface area contributed by atoms with Crippen molar-refractivity contribution < 1.29 is 5.11 Å². The van der Waals surface area contributed by atoms with Crippen LogP contribution in [-0.4, -0.2) is 48.8 Å². The molecular formula is C22H37ClN2O. The van der Waals surface area contributed by atoms with Crippen LogP contribution < -0.4 is 4.90 Å². The zero-order chi connectivity index (χ0) is 18.6. The van der Waals surface area contributed by atoms with E-state index in [2.05, 4.69) is 22.8 Å². The fourth-order valence-corrected chi connectivity index (χ4v) is 3.95. The molecule has 4 heteroatoms. The summed E-state index contributed by atoms with van der Waals surface area (Å²) < 4.78 is 0. The van der Waals surface area contributed by atoms with Gasteiger partial charge in [0.1, 0.15) is 0 Å². The van der Waals surface area contributed by atoms with Gasteiger partial charge in [0.05, 0.1) is 6.10 Å². The van der Waals surface area contributed by atoms with Crippen molar-refractivity contribution in [1.82, 2.24) is 4.90 Å². The first kappa shape index (κ1) is 21.5. The number of halogens is 1. The third-order valence-corrected chi connectivity index (χ3v) is 5.64. The smallest absolute Gasteiger partial charge is 0.0667 e. The van der Waals surface area contributed by atoms with Crippen molar-refractivity contribution in [3.8, 4) is 0 Å². The molecule has 1 saturated heterocycles. The number of piperazine rings is 1. The number of benzene rings is 1. The lowest BCUT2D eigenvalue weighted by Crippen LogP contribution is -2.48. The summed E-state index contributed by atoms with van der Waals surface area (Å²) in [7, 11) is 0. The first-order valence-corrected chi connectivity index (χ1v) is 11.0. The number of aliphatic hydroxyl groups excluding tert-OH is 1. The Morgan fingerprint density at radius 1 is 0.962 bits per heavy atom. The van der Waals surface area contributed by atoms with Gasteiger partial charge in [-0.2, -0.15) is 0 Å². The topological polar surface area (TPSA) is 26.7 Å². The predicted octanol–water partition coefficient (Wildman–Crippen LogP) is 5.35. The molecule has 2 rings (SSSR count). The summed E-state index contributed by atoms with van der Waals surface area (Å²) >= 11 is 6.09. The Hall–Kier alpha value is -0.770. The summed E-state index contributed by atoms with van der Waals surface area (Å²) in [5.74, 6) is 0. The molecule has 1 aliphatic rings. The lowest BCUT2D eigenvalue weighted by molar-refractivity contribution is 0.0996. The number of unbranched alkanes of at least 4 members (excludes halogenated alkanes) is 7. The molecule has 0 aliphatic carbocycles. The Balaban J connectivity index is 1.53. The van der Waals surface area contributed by atoms with Crippen molar-refractivity contribution in [3.05, 3.63) is 29.3 Å². The van der Waals surface area contributed by atoms with Crippen molar-refractivity contribution in [2.75, 3.05) is 37.6 Å². The first-order valence-electron chi connectivity index (χ1n) is 10.6. The van der Waals surface area contributed by atoms with Crippen LogP contribution in [0.5, 0.6) is 0 Å². The standard InChI is InChI=1S/C22H37ClN2O/c1-2-3-4-5-6-7-8-9-13-22(26)19-24-14-16-25(17-15-24)21-12-10-11-20(23)18-21/h10-12,18,22,26H,2-9,13-17,19H2,1H3/t22-/m0/s1. The number of hydrogen-bond acceptors (Lipinski definition) is 3. The summed E-state index contributed by atoms with van der Waals surface area (Å²) in [6.45, 7) is 7.12. The molecule has 1 aliphatic heterocycles. The van der Waals surface area contributed by atoms with Gasteiger partial charge in [-0.3, -0.25) is 4.90 Å². The highest BCUT2D eigenvalue weighted by Gasteiger charge is 2.19. The van der Waals surface area contributed by atoms with Crippen LogP contribution in [0.15, 0.2) is 24.3 Å². The van der Waals surface area contributed by atoms with E-state index in [4.69, 9.17) is 11.6 Å². The molecule has 0 aromatic heterocycles. The Kier molecular flexibility index (Phi) is 10.4. The van der Waals surface area contributed by atoms with E-state index in [0.29, 0.717) is 0 Å². The van der Waals surface area contributed by atoms with E-state index in [0.717, 1.165) is 50.6 Å². The van der Waals surface area contributed by atoms with Crippen LogP contribution in [0.3, 0.4) is 0 Å². The highest BCUT2D eigenvalue weighted by atomic mass is 35.5. The van der Waals surface area contributed by atoms with Crippen LogP contribution >= 0.6 is 11.6 Å². The van der Waals surface area contributed by atoms with E-state index < -0.39 is 0 Å². The molecule has 1 N–H and O–H groups in total. The molecule has 1 heterocycles. The predicted molar refractivity (Wildman–Crippen MR) is 113 cm³/mol. The molecule has 0 saturated carbocycles. The highest BCUT2D eigenvalue weighted by Crippen LogP contribution is 2.21. The van der Waals surface area contributed by atoms with Gasteiger partial charge < -0.3 is 10.0 Å². The average Bonchev–Trinajstić information content (AvgIpc) is 2.64. The minimum absolute atomic E-state index is 0.173. The second kappa shape index (κ2) is 12.6. The van der Waals surface area contributed by atoms with E-state index in [1.165, 1.54) is 50.6 Å². The van der Waals surface area contributed by atoms with Crippen LogP contribution in [0.1, 0.15) is 64.7 Å². The zero-order valence-corrected chi connectivity index (χ0v) is 17.3. The Morgan fingerprint density at radius 2 is 1.62 bits per heavy atom. The molecule has 0 amide bonds. The Labute approximate surface area is 165 Å². The van der Waals surface area contributed by atoms with E-state index in [1.54, 1.807) is 0 Å². The lowest BCUT2D eigenvalue weighted by Gasteiger charge is -2.37. The number of aliphatic hydroxyl groups is 1. The monoisotopic (exact) mass is 380 g/mol. The quantitative estimate of drug-likeness (QED) is 0.495. The van der Waals surface area contributed by atoms with Gasteiger partial charge in [0.15, 0.2) is 0 Å². The van der Waals surface area contributed by atoms with Gasteiger partial charge in [0, 0.05) is 43.4 Å². The largest absolute Gasteiger partial charge is 0.392 e. The number of nitrogens with zero attached hydrogens (tertiary/aromatic N) is 2. The van der Waals surface area contributed by atoms with Gasteiger partial charge >= 0.3 is 0 Å². The van der Waals surface area contributed by atoms with Crippen LogP contribution in [-0.2, 0) is 0 Å². The van der Waals surface area contributed by atoms with Crippen LogP contribution in [0.25, 0.3) is 0 Å². The van der Waals surface area contributed by atoms with Crippen molar-refractivity contribution in [1.29, 1.82) is 0 Å². The molecule has 0 radical (unpaired) electrons. The van der Waals surface area contributed by atoms with Crippen LogP contribution in [0.4, 0.5) is 5.69 Å². The second-order valence-corrected chi connectivity index (χ2v) is 8.12. The normalized spacial score (nSPS) is 16.8. The third kappa shape index (κ3) is 8.28. The number of rotatable bonds is 12. The van der Waals surface area contributed by atoms with E-state index >= 15 is 0 Å². The van der Waals surface area contributed by atoms with Gasteiger partial charge in [0.25, 0.3) is 0 Å². The summed E-state index contributed by atoms with van der Waals surface area (Å²) in [5, 5.41) is 11.1. The molecule has 0 bridgehead atoms. The number of hydrogen-bond donors (Lipinski definition) is 1. The van der Waals surface area contributed by atoms with Crippen LogP contribution in [0, 0.1) is 0 Å². The van der Waals surface area contributed by atoms with E-state index in [9.17, 15) is 5.11 Å². The molecule has 26 heavy (non-hydrogen) atoms. The fourth-order valence-electron chi connectivity index (χ4n) is 3.76. The number of β-amino-alcohol motifs (C(OH)–C–C–N with tert-alkyl or cyclic N) is 1. The highest BCUT2D eigenvalue weighted by molar-refractivity contribution is 6.30. The molecular weight excluding hydrogens is 344 g/mol. The molecule has 1 fully saturated rings. The fraction of sp³-hybridized carbons (Fsp3) is 0.727. The number of anilines is 1. The Bertz CT molecular complexity index is 489. The third-order valence-electron chi connectivity index (χ3n) is 5.41. The van der Waals surface area contributed by atoms with Gasteiger partial charge in [-0.25, -0.2) is 0 Å². The summed E-state index contributed by atoms with van der Waals surface area (Å²) in [5.41, 5.74) is 1.21. The first-order chi connectivity index (χ1) is 12.7. The van der Waals surface area contributed by atoms with Crippen molar-refractivity contribution in [2.45, 2.75) is 70.8 Å². The van der Waals surface area contributed by atoms with E-state index in [1.807, 2.05) is 18.2 Å². The SMILES string of the molecule is CCCCCCCCCC[C@H](O)CN1CCN(c2cccc(Cl)c2)CC1. The molecule has 1 atom stereocenters. The second-order valence-electron chi connectivity index (χ2n) is 7.68. The van der Waals surface area contributed by atoms with E-state index in [-0.39, 0.29) is 6.10 Å². The summed E-state index contributed by atoms with van der Waals surface area (Å²) in [6.07, 6.45) is 11.4. The van der Waals surface area contributed by atoms with Gasteiger partial charge in [-0.15, -0.1) is 0 Å². The molecule has 3 nitrogen and oxygen atoms in total. The van der Waals surface area contributed by atoms with Gasteiger partial charge in [0.2, 0.25) is 0 Å². The van der Waals surface area contributed by atoms with Crippen molar-refractivity contribution in [3.63, 3.8) is 0 Å². The summed E-state index contributed by atoms with van der Waals surface area (Å²) in [4.78, 5) is 4.78. The molecule has 148 valence electrons. The van der Waals surface area contributed by atoms with Gasteiger partial charge in [-0.1, -0.05) is 76.0 Å². The minimum Gasteiger partial charge on any atom is -0.392 e. The molecule has 0 spiro atoms. The van der Waals surface area contributed by atoms with Gasteiger partial charge in [-0.05, 0) is 24.6 Å². The van der Waals surface area contributed by atoms with Crippen molar-refractivity contribution >= 4 is 17.3 Å². The maximum atomic E-state index is 10.3. The summed E-state index contributed by atoms with van der Waals surface area (Å²) in [6, 6.07) is 8.09. The molecule has 0 unspecified atom stereocenters. The lowest BCUT2D eigenvalue weighted by atomic mass is 10.1. The zero-order valence-electron chi connectivity index (χ0n) is 16.5. The van der Waals surface area contributed by atoms with Crippen molar-refractivity contribution in [2.24, 2.45) is 0 Å². The average molecular weight is 381 g/mol. The maximum Gasteiger partial charge on any atom is 0.0667 e. The molecule has 1 aromatic carbocycles. The minimum atomic E-state index is -0.173. The van der Waals surface area contributed by atoms with Crippen LogP contribution in [0.2, 0.25) is 5.02 Å².